The molecule has 0 bridgehead atoms. The number of hydrogen-bond acceptors (Lipinski definition) is 3. The SMILES string of the molecule is O=C(O)CN(C(=O)c1ccc(Br)c(O)c1)c1ccccc1. The molecular weight excluding hydrogens is 338 g/mol. The van der Waals surface area contributed by atoms with E-state index in [1.165, 1.54) is 18.2 Å². The van der Waals surface area contributed by atoms with E-state index >= 15 is 0 Å². The summed E-state index contributed by atoms with van der Waals surface area (Å²) in [7, 11) is 0. The predicted octanol–water partition coefficient (Wildman–Crippen LogP) is 2.89. The molecule has 5 nitrogen and oxygen atoms in total. The number of phenolic OH excluding ortho intramolecular Hbond substituents is 1. The molecule has 0 aliphatic carbocycles. The van der Waals surface area contributed by atoms with Crippen LogP contribution < -0.4 is 4.90 Å². The zero-order valence-electron chi connectivity index (χ0n) is 10.9. The maximum Gasteiger partial charge on any atom is 0.323 e. The summed E-state index contributed by atoms with van der Waals surface area (Å²) >= 11 is 3.13. The van der Waals surface area contributed by atoms with Crippen molar-refractivity contribution in [2.45, 2.75) is 0 Å². The first-order valence-electron chi connectivity index (χ1n) is 6.06. The van der Waals surface area contributed by atoms with E-state index in [4.69, 9.17) is 5.11 Å². The normalized spacial score (nSPS) is 10.1. The summed E-state index contributed by atoms with van der Waals surface area (Å²) in [5, 5.41) is 18.6. The molecular formula is C15H12BrNO4. The number of benzene rings is 2. The molecule has 0 aromatic heterocycles. The molecule has 6 heteroatoms. The minimum atomic E-state index is -1.12. The molecule has 0 aliphatic rings. The lowest BCUT2D eigenvalue weighted by atomic mass is 10.1. The van der Waals surface area contributed by atoms with Gasteiger partial charge in [0.05, 0.1) is 4.47 Å². The van der Waals surface area contributed by atoms with Crippen molar-refractivity contribution in [2.24, 2.45) is 0 Å². The van der Waals surface area contributed by atoms with E-state index in [9.17, 15) is 14.7 Å². The van der Waals surface area contributed by atoms with Gasteiger partial charge in [-0.2, -0.15) is 0 Å². The number of anilines is 1. The van der Waals surface area contributed by atoms with E-state index in [1.54, 1.807) is 30.3 Å². The lowest BCUT2D eigenvalue weighted by molar-refractivity contribution is -0.135. The number of hydrogen-bond donors (Lipinski definition) is 2. The van der Waals surface area contributed by atoms with Crippen LogP contribution in [-0.4, -0.2) is 28.6 Å². The summed E-state index contributed by atoms with van der Waals surface area (Å²) in [6.07, 6.45) is 0. The maximum atomic E-state index is 12.5. The number of carbonyl (C=O) groups is 2. The summed E-state index contributed by atoms with van der Waals surface area (Å²) in [5.74, 6) is -1.69. The minimum Gasteiger partial charge on any atom is -0.507 e. The fourth-order valence-electron chi connectivity index (χ4n) is 1.83. The second-order valence-corrected chi connectivity index (χ2v) is 5.14. The number of carboxylic acids is 1. The van der Waals surface area contributed by atoms with Crippen LogP contribution in [0.25, 0.3) is 0 Å². The van der Waals surface area contributed by atoms with Crippen LogP contribution in [0.1, 0.15) is 10.4 Å². The van der Waals surface area contributed by atoms with Crippen LogP contribution in [-0.2, 0) is 4.79 Å². The van der Waals surface area contributed by atoms with Crippen LogP contribution >= 0.6 is 15.9 Å². The third-order valence-corrected chi connectivity index (χ3v) is 3.47. The fraction of sp³-hybridized carbons (Fsp3) is 0.0667. The Balaban J connectivity index is 2.38. The quantitative estimate of drug-likeness (QED) is 0.889. The zero-order chi connectivity index (χ0) is 15.4. The van der Waals surface area contributed by atoms with Gasteiger partial charge >= 0.3 is 5.97 Å². The standard InChI is InChI=1S/C15H12BrNO4/c16-12-7-6-10(8-13(12)18)15(21)17(9-14(19)20)11-4-2-1-3-5-11/h1-8,18H,9H2,(H,19,20). The highest BCUT2D eigenvalue weighted by Crippen LogP contribution is 2.26. The van der Waals surface area contributed by atoms with Crippen molar-refractivity contribution in [3.8, 4) is 5.75 Å². The molecule has 21 heavy (non-hydrogen) atoms. The number of phenols is 1. The van der Waals surface area contributed by atoms with Crippen molar-refractivity contribution in [1.82, 2.24) is 0 Å². The number of carboxylic acid groups (broad SMARTS) is 1. The van der Waals surface area contributed by atoms with Crippen molar-refractivity contribution < 1.29 is 19.8 Å². The number of nitrogens with zero attached hydrogens (tertiary/aromatic N) is 1. The maximum absolute atomic E-state index is 12.5. The first-order chi connectivity index (χ1) is 9.99. The second kappa shape index (κ2) is 6.41. The second-order valence-electron chi connectivity index (χ2n) is 4.29. The third-order valence-electron chi connectivity index (χ3n) is 2.80. The number of halogens is 1. The number of rotatable bonds is 4. The van der Waals surface area contributed by atoms with Crippen LogP contribution in [0.2, 0.25) is 0 Å². The Bertz CT molecular complexity index is 673. The Morgan fingerprint density at radius 3 is 2.33 bits per heavy atom. The van der Waals surface area contributed by atoms with E-state index in [-0.39, 0.29) is 11.3 Å². The lowest BCUT2D eigenvalue weighted by Crippen LogP contribution is -2.35. The highest BCUT2D eigenvalue weighted by molar-refractivity contribution is 9.10. The fourth-order valence-corrected chi connectivity index (χ4v) is 2.07. The van der Waals surface area contributed by atoms with E-state index in [0.29, 0.717) is 10.2 Å². The monoisotopic (exact) mass is 349 g/mol. The average molecular weight is 350 g/mol. The highest BCUT2D eigenvalue weighted by Gasteiger charge is 2.21. The molecule has 1 amide bonds. The van der Waals surface area contributed by atoms with E-state index < -0.39 is 18.4 Å². The summed E-state index contributed by atoms with van der Waals surface area (Å²) < 4.78 is 0.462. The molecule has 0 aliphatic heterocycles. The summed E-state index contributed by atoms with van der Waals surface area (Å²) in [6.45, 7) is -0.459. The molecule has 2 aromatic carbocycles. The first-order valence-corrected chi connectivity index (χ1v) is 6.85. The summed E-state index contributed by atoms with van der Waals surface area (Å²) in [5.41, 5.74) is 0.688. The number of para-hydroxylation sites is 1. The largest absolute Gasteiger partial charge is 0.507 e. The van der Waals surface area contributed by atoms with E-state index in [2.05, 4.69) is 15.9 Å². The van der Waals surface area contributed by atoms with Gasteiger partial charge in [0, 0.05) is 11.3 Å². The first kappa shape index (κ1) is 15.1. The predicted molar refractivity (Wildman–Crippen MR) is 81.6 cm³/mol. The van der Waals surface area contributed by atoms with Gasteiger partial charge in [0.15, 0.2) is 0 Å². The Hall–Kier alpha value is -2.34. The van der Waals surface area contributed by atoms with Crippen LogP contribution in [0.4, 0.5) is 5.69 Å². The van der Waals surface area contributed by atoms with Gasteiger partial charge < -0.3 is 10.2 Å². The van der Waals surface area contributed by atoms with Gasteiger partial charge in [0.25, 0.3) is 5.91 Å². The van der Waals surface area contributed by atoms with Crippen LogP contribution in [0.15, 0.2) is 53.0 Å². The van der Waals surface area contributed by atoms with Crippen molar-refractivity contribution in [1.29, 1.82) is 0 Å². The van der Waals surface area contributed by atoms with Gasteiger partial charge in [-0.25, -0.2) is 0 Å². The highest BCUT2D eigenvalue weighted by atomic mass is 79.9. The van der Waals surface area contributed by atoms with Gasteiger partial charge in [-0.15, -0.1) is 0 Å². The van der Waals surface area contributed by atoms with Gasteiger partial charge in [-0.05, 0) is 46.3 Å². The van der Waals surface area contributed by atoms with Gasteiger partial charge in [-0.1, -0.05) is 18.2 Å². The molecule has 0 unspecified atom stereocenters. The molecule has 0 saturated heterocycles. The number of carbonyl (C=O) groups excluding carboxylic acids is 1. The summed E-state index contributed by atoms with van der Waals surface area (Å²) in [6, 6.07) is 12.9. The zero-order valence-corrected chi connectivity index (χ0v) is 12.4. The minimum absolute atomic E-state index is 0.0795. The molecule has 0 fully saturated rings. The van der Waals surface area contributed by atoms with Crippen LogP contribution in [0.3, 0.4) is 0 Å². The molecule has 0 heterocycles. The number of amides is 1. The molecule has 2 N–H and O–H groups in total. The van der Waals surface area contributed by atoms with Crippen molar-refractivity contribution in [3.05, 3.63) is 58.6 Å². The average Bonchev–Trinajstić information content (AvgIpc) is 2.47. The van der Waals surface area contributed by atoms with Gasteiger partial charge in [-0.3, -0.25) is 14.5 Å². The number of aliphatic carboxylic acids is 1. The molecule has 108 valence electrons. The van der Waals surface area contributed by atoms with Crippen LogP contribution in [0, 0.1) is 0 Å². The third kappa shape index (κ3) is 3.61. The molecule has 0 radical (unpaired) electrons. The van der Waals surface area contributed by atoms with Gasteiger partial charge in [0.2, 0.25) is 0 Å². The Morgan fingerprint density at radius 2 is 1.76 bits per heavy atom. The Kier molecular flexibility index (Phi) is 4.59. The molecule has 0 spiro atoms. The number of aromatic hydroxyl groups is 1. The summed E-state index contributed by atoms with van der Waals surface area (Å²) in [4.78, 5) is 24.6. The van der Waals surface area contributed by atoms with E-state index in [1.807, 2.05) is 0 Å². The van der Waals surface area contributed by atoms with Crippen LogP contribution in [0.5, 0.6) is 5.75 Å². The topological polar surface area (TPSA) is 77.8 Å². The van der Waals surface area contributed by atoms with Crippen molar-refractivity contribution in [3.63, 3.8) is 0 Å². The molecule has 2 rings (SSSR count). The van der Waals surface area contributed by atoms with Gasteiger partial charge in [0.1, 0.15) is 12.3 Å². The smallest absolute Gasteiger partial charge is 0.323 e. The molecule has 0 saturated carbocycles. The van der Waals surface area contributed by atoms with Crippen molar-refractivity contribution >= 4 is 33.5 Å². The molecule has 0 atom stereocenters. The Labute approximate surface area is 129 Å². The molecule has 2 aromatic rings. The lowest BCUT2D eigenvalue weighted by Gasteiger charge is -2.21. The Morgan fingerprint density at radius 1 is 1.10 bits per heavy atom. The van der Waals surface area contributed by atoms with Crippen molar-refractivity contribution in [2.75, 3.05) is 11.4 Å². The van der Waals surface area contributed by atoms with E-state index in [0.717, 1.165) is 4.90 Å².